The number of carbonyl (C=O) groups is 1. The van der Waals surface area contributed by atoms with E-state index in [0.717, 1.165) is 5.56 Å². The van der Waals surface area contributed by atoms with Gasteiger partial charge in [0, 0.05) is 24.8 Å². The first-order valence-corrected chi connectivity index (χ1v) is 7.90. The van der Waals surface area contributed by atoms with Crippen LogP contribution in [0.1, 0.15) is 42.1 Å². The Morgan fingerprint density at radius 1 is 1.16 bits per heavy atom. The van der Waals surface area contributed by atoms with Crippen molar-refractivity contribution in [1.29, 1.82) is 0 Å². The molecule has 4 heteroatoms. The molecule has 2 aromatic rings. The Morgan fingerprint density at radius 3 is 2.52 bits per heavy atom. The summed E-state index contributed by atoms with van der Waals surface area (Å²) in [5, 5.41) is 0. The molecule has 0 saturated carbocycles. The molecule has 0 aliphatic carbocycles. The fraction of sp³-hybridized carbons (Fsp3) is 0.286. The van der Waals surface area contributed by atoms with Gasteiger partial charge in [0.25, 0.3) is 0 Å². The molecule has 2 unspecified atom stereocenters. The van der Waals surface area contributed by atoms with E-state index in [0.29, 0.717) is 11.1 Å². The fourth-order valence-corrected chi connectivity index (χ4v) is 2.33. The van der Waals surface area contributed by atoms with Gasteiger partial charge in [0.15, 0.2) is 5.78 Å². The van der Waals surface area contributed by atoms with E-state index in [1.165, 1.54) is 0 Å². The smallest absolute Gasteiger partial charge is 0.294 e. The lowest BCUT2D eigenvalue weighted by Crippen LogP contribution is -2.15. The highest BCUT2D eigenvalue weighted by molar-refractivity contribution is 5.96. The van der Waals surface area contributed by atoms with Crippen molar-refractivity contribution in [2.45, 2.75) is 32.3 Å². The van der Waals surface area contributed by atoms with Gasteiger partial charge in [-0.2, -0.15) is 13.2 Å². The molecule has 0 aliphatic heterocycles. The van der Waals surface area contributed by atoms with Crippen molar-refractivity contribution in [3.8, 4) is 11.8 Å². The zero-order valence-corrected chi connectivity index (χ0v) is 13.8. The third-order valence-electron chi connectivity index (χ3n) is 3.55. The Hall–Kier alpha value is -2.54. The van der Waals surface area contributed by atoms with Crippen LogP contribution < -0.4 is 0 Å². The molecule has 0 radical (unpaired) electrons. The summed E-state index contributed by atoms with van der Waals surface area (Å²) in [5.41, 5.74) is 1.87. The van der Waals surface area contributed by atoms with E-state index in [1.807, 2.05) is 13.0 Å². The summed E-state index contributed by atoms with van der Waals surface area (Å²) < 4.78 is 46.7. The molecule has 2 atom stereocenters. The van der Waals surface area contributed by atoms with Crippen molar-refractivity contribution in [2.24, 2.45) is 5.92 Å². The number of benzene rings is 2. The Kier molecular flexibility index (Phi) is 5.90. The lowest BCUT2D eigenvalue weighted by molar-refractivity contribution is -0.140. The molecule has 0 fully saturated rings. The van der Waals surface area contributed by atoms with Gasteiger partial charge in [-0.3, -0.25) is 4.79 Å². The van der Waals surface area contributed by atoms with Gasteiger partial charge in [0.05, 0.1) is 6.42 Å². The highest BCUT2D eigenvalue weighted by atomic mass is 19.4. The zero-order valence-electron chi connectivity index (χ0n) is 14.8. The van der Waals surface area contributed by atoms with Crippen LogP contribution in [-0.2, 0) is 0 Å². The Labute approximate surface area is 147 Å². The highest BCUT2D eigenvalue weighted by Gasteiger charge is 2.31. The summed E-state index contributed by atoms with van der Waals surface area (Å²) in [6.45, 7) is 1.83. The monoisotopic (exact) mass is 345 g/mol. The van der Waals surface area contributed by atoms with Crippen LogP contribution in [0.4, 0.5) is 13.2 Å². The van der Waals surface area contributed by atoms with Gasteiger partial charge in [-0.1, -0.05) is 53.8 Å². The zero-order chi connectivity index (χ0) is 19.2. The number of Topliss-reactive ketones (excluding diaryl/α,β-unsaturated/α-hetero) is 1. The molecule has 2 aromatic carbocycles. The van der Waals surface area contributed by atoms with Gasteiger partial charge >= 0.3 is 6.18 Å². The Balaban J connectivity index is 2.16. The normalized spacial score (nSPS) is 14.0. The summed E-state index contributed by atoms with van der Waals surface area (Å²) in [6.07, 6.45) is -7.20. The molecule has 0 spiro atoms. The summed E-state index contributed by atoms with van der Waals surface area (Å²) in [7, 11) is 0. The number of halogens is 3. The van der Waals surface area contributed by atoms with Crippen LogP contribution in [0.15, 0.2) is 54.6 Å². The molecule has 0 bridgehead atoms. The minimum atomic E-state index is -4.44. The first kappa shape index (κ1) is 17.3. The molecule has 0 saturated heterocycles. The maximum absolute atomic E-state index is 12.9. The summed E-state index contributed by atoms with van der Waals surface area (Å²) >= 11 is 0. The van der Waals surface area contributed by atoms with Gasteiger partial charge in [-0.05, 0) is 31.5 Å². The first-order valence-electron chi connectivity index (χ1n) is 8.48. The lowest BCUT2D eigenvalue weighted by atomic mass is 9.95. The van der Waals surface area contributed by atoms with Crippen LogP contribution in [0.25, 0.3) is 0 Å². The van der Waals surface area contributed by atoms with E-state index < -0.39 is 24.9 Å². The van der Waals surface area contributed by atoms with Crippen molar-refractivity contribution < 1.29 is 19.3 Å². The van der Waals surface area contributed by atoms with E-state index in [-0.39, 0.29) is 12.2 Å². The second-order valence-electron chi connectivity index (χ2n) is 5.79. The van der Waals surface area contributed by atoms with E-state index in [9.17, 15) is 18.0 Å². The molecular formula is C21H19F3O. The third-order valence-corrected chi connectivity index (χ3v) is 3.55. The number of rotatable bonds is 5. The van der Waals surface area contributed by atoms with Crippen LogP contribution in [0.5, 0.6) is 0 Å². The van der Waals surface area contributed by atoms with E-state index in [4.69, 9.17) is 1.37 Å². The average molecular weight is 345 g/mol. The number of hydrogen-bond donors (Lipinski definition) is 0. The lowest BCUT2D eigenvalue weighted by Gasteiger charge is -2.13. The van der Waals surface area contributed by atoms with Crippen molar-refractivity contribution in [2.75, 3.05) is 0 Å². The second kappa shape index (κ2) is 8.53. The van der Waals surface area contributed by atoms with E-state index >= 15 is 0 Å². The van der Waals surface area contributed by atoms with Crippen molar-refractivity contribution >= 4 is 5.78 Å². The topological polar surface area (TPSA) is 17.1 Å². The number of aryl methyl sites for hydroxylation is 1. The van der Waals surface area contributed by atoms with Gasteiger partial charge in [-0.15, -0.1) is 0 Å². The van der Waals surface area contributed by atoms with Crippen LogP contribution in [0, 0.1) is 24.7 Å². The van der Waals surface area contributed by atoms with Gasteiger partial charge in [-0.25, -0.2) is 0 Å². The summed E-state index contributed by atoms with van der Waals surface area (Å²) in [6, 6.07) is 15.5. The van der Waals surface area contributed by atoms with Crippen LogP contribution in [0.3, 0.4) is 0 Å². The minimum Gasteiger partial charge on any atom is -0.294 e. The van der Waals surface area contributed by atoms with Crippen LogP contribution >= 0.6 is 0 Å². The molecule has 2 rings (SSSR count). The molecule has 0 heterocycles. The molecule has 0 aliphatic rings. The fourth-order valence-electron chi connectivity index (χ4n) is 2.33. The van der Waals surface area contributed by atoms with E-state index in [1.54, 1.807) is 48.5 Å². The summed E-state index contributed by atoms with van der Waals surface area (Å²) in [5.74, 6) is 3.63. The molecule has 25 heavy (non-hydrogen) atoms. The summed E-state index contributed by atoms with van der Waals surface area (Å²) in [4.78, 5) is 12.3. The highest BCUT2D eigenvalue weighted by Crippen LogP contribution is 2.27. The number of ketones is 1. The van der Waals surface area contributed by atoms with Gasteiger partial charge in [0.2, 0.25) is 0 Å². The second-order valence-corrected chi connectivity index (χ2v) is 5.79. The van der Waals surface area contributed by atoms with Crippen molar-refractivity contribution in [3.05, 3.63) is 71.3 Å². The Bertz CT molecular complexity index is 803. The number of alkyl halides is 3. The molecule has 0 amide bonds. The largest absolute Gasteiger partial charge is 0.390 e. The molecule has 1 nitrogen and oxygen atoms in total. The maximum atomic E-state index is 12.9. The van der Waals surface area contributed by atoms with Crippen LogP contribution in [0.2, 0.25) is 0 Å². The predicted molar refractivity (Wildman–Crippen MR) is 92.2 cm³/mol. The van der Waals surface area contributed by atoms with Crippen LogP contribution in [-0.4, -0.2) is 12.0 Å². The minimum absolute atomic E-state index is 0.298. The molecule has 130 valence electrons. The number of hydrogen-bond acceptors (Lipinski definition) is 1. The Morgan fingerprint density at radius 2 is 1.88 bits per heavy atom. The number of carbonyl (C=O) groups excluding carboxylic acids is 1. The van der Waals surface area contributed by atoms with Gasteiger partial charge < -0.3 is 0 Å². The SMILES string of the molecule is [2H]C(CC(=O)c1cccc(C)c1)C(C#Cc1ccccc1)CC(F)(F)F. The first-order chi connectivity index (χ1) is 12.2. The average Bonchev–Trinajstić information content (AvgIpc) is 2.58. The van der Waals surface area contributed by atoms with Gasteiger partial charge in [0.1, 0.15) is 0 Å². The third kappa shape index (κ3) is 6.84. The quantitative estimate of drug-likeness (QED) is 0.511. The molecule has 0 aromatic heterocycles. The standard InChI is InChI=1S/C21H19F3O/c1-16-6-5-9-19(14-16)20(25)13-12-18(15-21(22,23)24)11-10-17-7-3-2-4-8-17/h2-9,14,18H,12-13,15H2,1H3/i12D. The maximum Gasteiger partial charge on any atom is 0.390 e. The molecular weight excluding hydrogens is 325 g/mol. The van der Waals surface area contributed by atoms with Crippen molar-refractivity contribution in [3.63, 3.8) is 0 Å². The molecule has 0 N–H and O–H groups in total. The van der Waals surface area contributed by atoms with E-state index in [2.05, 4.69) is 11.8 Å². The predicted octanol–water partition coefficient (Wildman–Crippen LogP) is 5.58. The van der Waals surface area contributed by atoms with Crippen molar-refractivity contribution in [1.82, 2.24) is 0 Å².